The minimum atomic E-state index is -3.06. The van der Waals surface area contributed by atoms with Gasteiger partial charge >= 0.3 is 12.3 Å². The molecule has 0 aliphatic rings. The normalized spacial score (nSPS) is 11.0. The van der Waals surface area contributed by atoms with Crippen molar-refractivity contribution in [3.05, 3.63) is 56.9 Å². The van der Waals surface area contributed by atoms with Crippen LogP contribution in [0.15, 0.2) is 45.7 Å². The molecule has 0 fully saturated rings. The SMILES string of the molecule is Cn1nnn(-c2cccc(OC(F)F)c2COc2ccc(O)cc2Br)c1=O. The molecule has 0 saturated heterocycles. The summed E-state index contributed by atoms with van der Waals surface area (Å²) in [5.74, 6) is 0.231. The first-order chi connectivity index (χ1) is 12.9. The molecule has 1 N–H and O–H groups in total. The van der Waals surface area contributed by atoms with Gasteiger partial charge in [-0.1, -0.05) is 6.07 Å². The van der Waals surface area contributed by atoms with Gasteiger partial charge in [0.25, 0.3) is 0 Å². The lowest BCUT2D eigenvalue weighted by atomic mass is 10.1. The maximum Gasteiger partial charge on any atom is 0.387 e. The number of aromatic nitrogens is 4. The van der Waals surface area contributed by atoms with Gasteiger partial charge in [-0.25, -0.2) is 4.79 Å². The lowest BCUT2D eigenvalue weighted by Gasteiger charge is -2.15. The number of tetrazole rings is 1. The highest BCUT2D eigenvalue weighted by Gasteiger charge is 2.19. The van der Waals surface area contributed by atoms with Gasteiger partial charge in [0.15, 0.2) is 0 Å². The lowest BCUT2D eigenvalue weighted by Crippen LogP contribution is -2.23. The van der Waals surface area contributed by atoms with E-state index < -0.39 is 12.3 Å². The third-order valence-corrected chi connectivity index (χ3v) is 4.18. The Bertz CT molecular complexity index is 1020. The third-order valence-electron chi connectivity index (χ3n) is 3.56. The molecule has 0 amide bonds. The molecule has 0 radical (unpaired) electrons. The zero-order valence-corrected chi connectivity index (χ0v) is 15.4. The fourth-order valence-corrected chi connectivity index (χ4v) is 2.81. The van der Waals surface area contributed by atoms with E-state index in [1.54, 1.807) is 0 Å². The van der Waals surface area contributed by atoms with Crippen LogP contribution < -0.4 is 15.2 Å². The Hall–Kier alpha value is -2.95. The van der Waals surface area contributed by atoms with E-state index in [4.69, 9.17) is 4.74 Å². The van der Waals surface area contributed by atoms with Crippen molar-refractivity contribution in [2.24, 2.45) is 7.05 Å². The molecule has 27 heavy (non-hydrogen) atoms. The molecular weight excluding hydrogens is 430 g/mol. The van der Waals surface area contributed by atoms with Gasteiger partial charge in [0.05, 0.1) is 15.7 Å². The lowest BCUT2D eigenvalue weighted by molar-refractivity contribution is -0.0508. The van der Waals surface area contributed by atoms with Gasteiger partial charge in [-0.05, 0) is 56.7 Å². The number of aromatic hydroxyl groups is 1. The van der Waals surface area contributed by atoms with Crippen molar-refractivity contribution in [1.29, 1.82) is 0 Å². The van der Waals surface area contributed by atoms with Crippen molar-refractivity contribution in [2.75, 3.05) is 0 Å². The summed E-state index contributed by atoms with van der Waals surface area (Å²) in [6.45, 7) is -3.26. The molecular formula is C16H13BrF2N4O4. The first kappa shape index (κ1) is 18.8. The van der Waals surface area contributed by atoms with Crippen molar-refractivity contribution >= 4 is 15.9 Å². The number of phenolic OH excluding ortho intramolecular Hbond substituents is 1. The summed E-state index contributed by atoms with van der Waals surface area (Å²) in [4.78, 5) is 12.2. The quantitative estimate of drug-likeness (QED) is 0.630. The Labute approximate surface area is 159 Å². The fourth-order valence-electron chi connectivity index (χ4n) is 2.33. The van der Waals surface area contributed by atoms with Crippen molar-refractivity contribution in [1.82, 2.24) is 19.8 Å². The third kappa shape index (κ3) is 4.08. The summed E-state index contributed by atoms with van der Waals surface area (Å²) in [6, 6.07) is 8.64. The first-order valence-electron chi connectivity index (χ1n) is 7.54. The molecule has 142 valence electrons. The van der Waals surface area contributed by atoms with E-state index in [0.29, 0.717) is 10.2 Å². The van der Waals surface area contributed by atoms with Gasteiger partial charge in [0, 0.05) is 7.05 Å². The van der Waals surface area contributed by atoms with E-state index in [1.807, 2.05) is 0 Å². The molecule has 0 aliphatic heterocycles. The largest absolute Gasteiger partial charge is 0.508 e. The summed E-state index contributed by atoms with van der Waals surface area (Å²) < 4.78 is 38.2. The number of nitrogens with zero attached hydrogens (tertiary/aromatic N) is 4. The molecule has 0 unspecified atom stereocenters. The predicted octanol–water partition coefficient (Wildman–Crippen LogP) is 2.61. The van der Waals surface area contributed by atoms with Crippen molar-refractivity contribution in [2.45, 2.75) is 13.2 Å². The number of rotatable bonds is 6. The number of benzene rings is 2. The van der Waals surface area contributed by atoms with E-state index in [2.05, 4.69) is 31.1 Å². The van der Waals surface area contributed by atoms with Crippen LogP contribution in [0.2, 0.25) is 0 Å². The van der Waals surface area contributed by atoms with E-state index >= 15 is 0 Å². The van der Waals surface area contributed by atoms with Crippen LogP contribution in [0.1, 0.15) is 5.56 Å². The molecule has 2 aromatic carbocycles. The first-order valence-corrected chi connectivity index (χ1v) is 8.33. The standard InChI is InChI=1S/C16H13BrF2N4O4/c1-22-16(25)23(21-20-22)12-3-2-4-13(27-15(18)19)10(12)8-26-14-6-5-9(24)7-11(14)17/h2-7,15,24H,8H2,1H3. The fraction of sp³-hybridized carbons (Fsp3) is 0.188. The molecule has 11 heteroatoms. The average molecular weight is 443 g/mol. The highest BCUT2D eigenvalue weighted by Crippen LogP contribution is 2.32. The number of alkyl halides is 2. The van der Waals surface area contributed by atoms with Crippen molar-refractivity contribution in [3.8, 4) is 22.9 Å². The predicted molar refractivity (Wildman–Crippen MR) is 93.4 cm³/mol. The van der Waals surface area contributed by atoms with Gasteiger partial charge in [-0.2, -0.15) is 18.1 Å². The van der Waals surface area contributed by atoms with Gasteiger partial charge in [0.1, 0.15) is 23.9 Å². The second-order valence-corrected chi connectivity index (χ2v) is 6.19. The molecule has 1 heterocycles. The minimum Gasteiger partial charge on any atom is -0.508 e. The number of hydrogen-bond acceptors (Lipinski definition) is 6. The monoisotopic (exact) mass is 442 g/mol. The number of ether oxygens (including phenoxy) is 2. The van der Waals surface area contributed by atoms with Crippen LogP contribution >= 0.6 is 15.9 Å². The smallest absolute Gasteiger partial charge is 0.387 e. The second-order valence-electron chi connectivity index (χ2n) is 5.33. The summed E-state index contributed by atoms with van der Waals surface area (Å²) in [5.41, 5.74) is -0.183. The summed E-state index contributed by atoms with van der Waals surface area (Å²) >= 11 is 3.24. The van der Waals surface area contributed by atoms with Crippen LogP contribution in [-0.4, -0.2) is 31.5 Å². The maximum absolute atomic E-state index is 12.8. The summed E-state index contributed by atoms with van der Waals surface area (Å²) in [7, 11) is 1.41. The second kappa shape index (κ2) is 7.74. The van der Waals surface area contributed by atoms with Gasteiger partial charge < -0.3 is 14.6 Å². The molecule has 3 aromatic rings. The molecule has 3 rings (SSSR count). The highest BCUT2D eigenvalue weighted by molar-refractivity contribution is 9.10. The Morgan fingerprint density at radius 1 is 1.22 bits per heavy atom. The van der Waals surface area contributed by atoms with Gasteiger partial charge in [-0.3, -0.25) is 0 Å². The van der Waals surface area contributed by atoms with E-state index in [-0.39, 0.29) is 29.4 Å². The average Bonchev–Trinajstić information content (AvgIpc) is 2.93. The Morgan fingerprint density at radius 2 is 2.00 bits per heavy atom. The van der Waals surface area contributed by atoms with Crippen LogP contribution in [0.4, 0.5) is 8.78 Å². The molecule has 0 aliphatic carbocycles. The molecule has 0 bridgehead atoms. The topological polar surface area (TPSA) is 91.4 Å². The Balaban J connectivity index is 2.02. The molecule has 0 saturated carbocycles. The number of aryl methyl sites for hydroxylation is 1. The van der Waals surface area contributed by atoms with E-state index in [1.165, 1.54) is 43.4 Å². The van der Waals surface area contributed by atoms with Crippen molar-refractivity contribution < 1.29 is 23.4 Å². The van der Waals surface area contributed by atoms with Gasteiger partial charge in [0.2, 0.25) is 0 Å². The van der Waals surface area contributed by atoms with Crippen LogP contribution in [0.25, 0.3) is 5.69 Å². The molecule has 0 spiro atoms. The number of phenols is 1. The summed E-state index contributed by atoms with van der Waals surface area (Å²) in [6.07, 6.45) is 0. The zero-order chi connectivity index (χ0) is 19.6. The zero-order valence-electron chi connectivity index (χ0n) is 13.8. The minimum absolute atomic E-state index is 0.0301. The highest BCUT2D eigenvalue weighted by atomic mass is 79.9. The number of halogens is 3. The van der Waals surface area contributed by atoms with Gasteiger partial charge in [-0.15, -0.1) is 0 Å². The molecule has 0 atom stereocenters. The summed E-state index contributed by atoms with van der Waals surface area (Å²) in [5, 5.41) is 16.8. The maximum atomic E-state index is 12.8. The van der Waals surface area contributed by atoms with Crippen molar-refractivity contribution in [3.63, 3.8) is 0 Å². The van der Waals surface area contributed by atoms with Crippen LogP contribution in [0.5, 0.6) is 17.2 Å². The Kier molecular flexibility index (Phi) is 5.40. The van der Waals surface area contributed by atoms with E-state index in [0.717, 1.165) is 9.36 Å². The van der Waals surface area contributed by atoms with E-state index in [9.17, 15) is 18.7 Å². The van der Waals surface area contributed by atoms with Crippen LogP contribution in [-0.2, 0) is 13.7 Å². The van der Waals surface area contributed by atoms with Crippen LogP contribution in [0, 0.1) is 0 Å². The molecule has 8 nitrogen and oxygen atoms in total. The van der Waals surface area contributed by atoms with Crippen LogP contribution in [0.3, 0.4) is 0 Å². The Morgan fingerprint density at radius 3 is 2.63 bits per heavy atom. The molecule has 1 aromatic heterocycles. The number of hydrogen-bond donors (Lipinski definition) is 1.